The fourth-order valence-electron chi connectivity index (χ4n) is 1.42. The van der Waals surface area contributed by atoms with Gasteiger partial charge in [0.2, 0.25) is 0 Å². The molecule has 1 aromatic heterocycles. The maximum absolute atomic E-state index is 13.0. The summed E-state index contributed by atoms with van der Waals surface area (Å²) in [4.78, 5) is 8.46. The van der Waals surface area contributed by atoms with Crippen LogP contribution < -0.4 is 5.73 Å². The number of anilines is 1. The molecule has 0 saturated heterocycles. The summed E-state index contributed by atoms with van der Waals surface area (Å²) in [6.07, 6.45) is 0. The van der Waals surface area contributed by atoms with Crippen molar-refractivity contribution in [3.8, 4) is 11.4 Å². The molecule has 2 rings (SSSR count). The van der Waals surface area contributed by atoms with Crippen molar-refractivity contribution in [1.82, 2.24) is 9.97 Å². The molecule has 0 aliphatic carbocycles. The monoisotopic (exact) mass is 251 g/mol. The molecule has 0 amide bonds. The minimum atomic E-state index is -0.466. The predicted molar refractivity (Wildman–Crippen MR) is 66.3 cm³/mol. The van der Waals surface area contributed by atoms with Crippen LogP contribution in [0.25, 0.3) is 11.4 Å². The zero-order chi connectivity index (χ0) is 12.6. The molecule has 0 spiro atoms. The van der Waals surface area contributed by atoms with E-state index in [-0.39, 0.29) is 5.02 Å². The highest BCUT2D eigenvalue weighted by Gasteiger charge is 2.09. The van der Waals surface area contributed by atoms with E-state index >= 15 is 0 Å². The maximum Gasteiger partial charge on any atom is 0.161 e. The summed E-state index contributed by atoms with van der Waals surface area (Å²) in [6.45, 7) is 3.70. The Kier molecular flexibility index (Phi) is 2.98. The van der Waals surface area contributed by atoms with Crippen molar-refractivity contribution in [3.05, 3.63) is 40.3 Å². The van der Waals surface area contributed by atoms with E-state index in [0.717, 1.165) is 11.3 Å². The molecular formula is C12H11ClFN3. The van der Waals surface area contributed by atoms with E-state index in [4.69, 9.17) is 17.3 Å². The summed E-state index contributed by atoms with van der Waals surface area (Å²) in [6, 6.07) is 4.34. The number of rotatable bonds is 1. The van der Waals surface area contributed by atoms with Crippen LogP contribution >= 0.6 is 11.6 Å². The Hall–Kier alpha value is -1.68. The first-order valence-electron chi connectivity index (χ1n) is 5.05. The lowest BCUT2D eigenvalue weighted by Crippen LogP contribution is -2.02. The first-order valence-corrected chi connectivity index (χ1v) is 5.43. The van der Waals surface area contributed by atoms with E-state index in [2.05, 4.69) is 9.97 Å². The largest absolute Gasteiger partial charge is 0.383 e. The summed E-state index contributed by atoms with van der Waals surface area (Å²) in [7, 11) is 0. The average molecular weight is 252 g/mol. The SMILES string of the molecule is Cc1nc(-c2ccc(F)c(Cl)c2)nc(N)c1C. The Morgan fingerprint density at radius 2 is 1.94 bits per heavy atom. The van der Waals surface area contributed by atoms with Gasteiger partial charge < -0.3 is 5.73 Å². The molecule has 0 unspecified atom stereocenters. The Balaban J connectivity index is 2.57. The van der Waals surface area contributed by atoms with Gasteiger partial charge in [-0.1, -0.05) is 11.6 Å². The van der Waals surface area contributed by atoms with E-state index in [1.165, 1.54) is 12.1 Å². The predicted octanol–water partition coefficient (Wildman–Crippen LogP) is 3.14. The highest BCUT2D eigenvalue weighted by atomic mass is 35.5. The second-order valence-corrected chi connectivity index (χ2v) is 4.18. The summed E-state index contributed by atoms with van der Waals surface area (Å²) < 4.78 is 13.0. The van der Waals surface area contributed by atoms with Gasteiger partial charge in [0, 0.05) is 16.8 Å². The van der Waals surface area contributed by atoms with Crippen molar-refractivity contribution in [3.63, 3.8) is 0 Å². The van der Waals surface area contributed by atoms with Crippen molar-refractivity contribution < 1.29 is 4.39 Å². The topological polar surface area (TPSA) is 51.8 Å². The lowest BCUT2D eigenvalue weighted by molar-refractivity contribution is 0.628. The molecule has 0 saturated carbocycles. The van der Waals surface area contributed by atoms with E-state index < -0.39 is 5.82 Å². The molecule has 0 atom stereocenters. The molecule has 0 radical (unpaired) electrons. The quantitative estimate of drug-likeness (QED) is 0.847. The van der Waals surface area contributed by atoms with Gasteiger partial charge in [0.25, 0.3) is 0 Å². The minimum absolute atomic E-state index is 0.0444. The fraction of sp³-hybridized carbons (Fsp3) is 0.167. The van der Waals surface area contributed by atoms with Gasteiger partial charge in [-0.15, -0.1) is 0 Å². The number of benzene rings is 1. The van der Waals surface area contributed by atoms with Crippen LogP contribution in [0.3, 0.4) is 0 Å². The number of halogens is 2. The number of aromatic nitrogens is 2. The number of nitrogen functional groups attached to an aromatic ring is 1. The van der Waals surface area contributed by atoms with Crippen LogP contribution in [0.15, 0.2) is 18.2 Å². The minimum Gasteiger partial charge on any atom is -0.383 e. The fourth-order valence-corrected chi connectivity index (χ4v) is 1.60. The number of hydrogen-bond acceptors (Lipinski definition) is 3. The third-order valence-corrected chi connectivity index (χ3v) is 2.89. The molecule has 1 aromatic carbocycles. The number of nitrogens with two attached hydrogens (primary N) is 1. The van der Waals surface area contributed by atoms with Gasteiger partial charge >= 0.3 is 0 Å². The summed E-state index contributed by atoms with van der Waals surface area (Å²) in [5.74, 6) is 0.410. The van der Waals surface area contributed by atoms with E-state index in [0.29, 0.717) is 17.2 Å². The van der Waals surface area contributed by atoms with E-state index in [1.807, 2.05) is 13.8 Å². The van der Waals surface area contributed by atoms with Crippen molar-refractivity contribution in [2.24, 2.45) is 0 Å². The lowest BCUT2D eigenvalue weighted by Gasteiger charge is -2.07. The number of aryl methyl sites for hydroxylation is 1. The molecule has 0 bridgehead atoms. The molecule has 2 N–H and O–H groups in total. The summed E-state index contributed by atoms with van der Waals surface area (Å²) in [5, 5.41) is 0.0444. The highest BCUT2D eigenvalue weighted by Crippen LogP contribution is 2.24. The van der Waals surface area contributed by atoms with Crippen LogP contribution in [-0.2, 0) is 0 Å². The molecule has 88 valence electrons. The smallest absolute Gasteiger partial charge is 0.161 e. The van der Waals surface area contributed by atoms with E-state index in [9.17, 15) is 4.39 Å². The molecule has 2 aromatic rings. The van der Waals surface area contributed by atoms with Gasteiger partial charge in [0.05, 0.1) is 5.02 Å². The van der Waals surface area contributed by atoms with Crippen molar-refractivity contribution in [1.29, 1.82) is 0 Å². The van der Waals surface area contributed by atoms with Crippen LogP contribution in [-0.4, -0.2) is 9.97 Å². The highest BCUT2D eigenvalue weighted by molar-refractivity contribution is 6.31. The Bertz CT molecular complexity index is 561. The zero-order valence-electron chi connectivity index (χ0n) is 9.46. The van der Waals surface area contributed by atoms with Crippen LogP contribution in [0.1, 0.15) is 11.3 Å². The molecule has 1 heterocycles. The van der Waals surface area contributed by atoms with Gasteiger partial charge in [-0.2, -0.15) is 0 Å². The second kappa shape index (κ2) is 4.30. The maximum atomic E-state index is 13.0. The number of hydrogen-bond donors (Lipinski definition) is 1. The van der Waals surface area contributed by atoms with Gasteiger partial charge in [-0.3, -0.25) is 0 Å². The molecule has 0 aliphatic heterocycles. The van der Waals surface area contributed by atoms with Gasteiger partial charge in [-0.25, -0.2) is 14.4 Å². The molecule has 3 nitrogen and oxygen atoms in total. The van der Waals surface area contributed by atoms with Crippen molar-refractivity contribution >= 4 is 17.4 Å². The molecule has 5 heteroatoms. The Morgan fingerprint density at radius 3 is 2.53 bits per heavy atom. The molecule has 0 aliphatic rings. The normalized spacial score (nSPS) is 10.6. The van der Waals surface area contributed by atoms with Gasteiger partial charge in [0.15, 0.2) is 5.82 Å². The van der Waals surface area contributed by atoms with Crippen LogP contribution in [0.2, 0.25) is 5.02 Å². The van der Waals surface area contributed by atoms with Gasteiger partial charge in [-0.05, 0) is 32.0 Å². The van der Waals surface area contributed by atoms with Crippen molar-refractivity contribution in [2.45, 2.75) is 13.8 Å². The summed E-state index contributed by atoms with van der Waals surface area (Å²) in [5.41, 5.74) is 8.06. The molecular weight excluding hydrogens is 241 g/mol. The Morgan fingerprint density at radius 1 is 1.24 bits per heavy atom. The van der Waals surface area contributed by atoms with Gasteiger partial charge in [0.1, 0.15) is 11.6 Å². The van der Waals surface area contributed by atoms with Crippen molar-refractivity contribution in [2.75, 3.05) is 5.73 Å². The van der Waals surface area contributed by atoms with Crippen LogP contribution in [0, 0.1) is 19.7 Å². The third-order valence-electron chi connectivity index (χ3n) is 2.60. The number of nitrogens with zero attached hydrogens (tertiary/aromatic N) is 2. The first-order chi connectivity index (χ1) is 7.99. The third kappa shape index (κ3) is 2.22. The van der Waals surface area contributed by atoms with E-state index in [1.54, 1.807) is 6.07 Å². The average Bonchev–Trinajstić information content (AvgIpc) is 2.29. The molecule has 0 fully saturated rings. The van der Waals surface area contributed by atoms with Crippen LogP contribution in [0.4, 0.5) is 10.2 Å². The lowest BCUT2D eigenvalue weighted by atomic mass is 10.2. The zero-order valence-corrected chi connectivity index (χ0v) is 10.2. The second-order valence-electron chi connectivity index (χ2n) is 3.77. The van der Waals surface area contributed by atoms with Crippen LogP contribution in [0.5, 0.6) is 0 Å². The first kappa shape index (κ1) is 11.8. The summed E-state index contributed by atoms with van der Waals surface area (Å²) >= 11 is 5.71. The molecule has 17 heavy (non-hydrogen) atoms. The standard InChI is InChI=1S/C12H11ClFN3/c1-6-7(2)16-12(17-11(6)15)8-3-4-10(14)9(13)5-8/h3-5H,1-2H3,(H2,15,16,17). The Labute approximate surface area is 103 Å².